The molecular formula is C18H20FNO3. The van der Waals surface area contributed by atoms with Crippen LogP contribution in [0.5, 0.6) is 0 Å². The first-order chi connectivity index (χ1) is 10.8. The molecule has 0 saturated heterocycles. The van der Waals surface area contributed by atoms with Crippen LogP contribution in [-0.4, -0.2) is 17.6 Å². The van der Waals surface area contributed by atoms with Crippen molar-refractivity contribution in [2.45, 2.75) is 26.4 Å². The van der Waals surface area contributed by atoms with Gasteiger partial charge in [-0.3, -0.25) is 4.79 Å². The van der Waals surface area contributed by atoms with Gasteiger partial charge in [0, 0.05) is 6.08 Å². The van der Waals surface area contributed by atoms with Crippen LogP contribution in [0.15, 0.2) is 46.9 Å². The normalized spacial score (nSPS) is 14.4. The molecule has 0 radical (unpaired) electrons. The van der Waals surface area contributed by atoms with E-state index < -0.39 is 5.60 Å². The number of hydrogen-bond acceptors (Lipinski definition) is 3. The second-order valence-electron chi connectivity index (χ2n) is 5.74. The molecule has 0 aliphatic heterocycles. The molecule has 1 atom stereocenters. The Kier molecular flexibility index (Phi) is 5.01. The quantitative estimate of drug-likeness (QED) is 0.833. The average Bonchev–Trinajstić information content (AvgIpc) is 2.93. The van der Waals surface area contributed by atoms with Crippen molar-refractivity contribution < 1.29 is 18.7 Å². The molecule has 0 spiro atoms. The Morgan fingerprint density at radius 2 is 2.13 bits per heavy atom. The first kappa shape index (κ1) is 17.0. The fraction of sp³-hybridized carbons (Fsp3) is 0.278. The second kappa shape index (κ2) is 6.79. The number of carbonyl (C=O) groups excluding carboxylic acids is 1. The summed E-state index contributed by atoms with van der Waals surface area (Å²) in [6, 6.07) is 9.45. The molecule has 1 unspecified atom stereocenters. The number of halogens is 1. The molecule has 4 nitrogen and oxygen atoms in total. The van der Waals surface area contributed by atoms with E-state index in [0.717, 1.165) is 0 Å². The van der Waals surface area contributed by atoms with E-state index in [4.69, 9.17) is 4.42 Å². The number of carbonyl (C=O) groups is 1. The first-order valence-corrected chi connectivity index (χ1v) is 7.29. The molecule has 0 aliphatic rings. The smallest absolute Gasteiger partial charge is 0.244 e. The highest BCUT2D eigenvalue weighted by Gasteiger charge is 2.27. The predicted octanol–water partition coefficient (Wildman–Crippen LogP) is 3.15. The van der Waals surface area contributed by atoms with E-state index in [0.29, 0.717) is 22.7 Å². The van der Waals surface area contributed by atoms with Crippen molar-refractivity contribution in [3.8, 4) is 0 Å². The third-order valence-corrected chi connectivity index (χ3v) is 3.51. The molecule has 0 fully saturated rings. The third kappa shape index (κ3) is 4.53. The van der Waals surface area contributed by atoms with Crippen LogP contribution in [0.3, 0.4) is 0 Å². The molecule has 0 aliphatic carbocycles. The van der Waals surface area contributed by atoms with Crippen molar-refractivity contribution in [1.29, 1.82) is 0 Å². The Balaban J connectivity index is 2.00. The van der Waals surface area contributed by atoms with Crippen molar-refractivity contribution in [2.24, 2.45) is 0 Å². The van der Waals surface area contributed by atoms with Crippen LogP contribution in [-0.2, 0) is 10.4 Å². The van der Waals surface area contributed by atoms with Crippen LogP contribution >= 0.6 is 0 Å². The zero-order valence-electron chi connectivity index (χ0n) is 13.4. The number of aliphatic hydroxyl groups is 1. The van der Waals surface area contributed by atoms with E-state index in [9.17, 15) is 14.3 Å². The summed E-state index contributed by atoms with van der Waals surface area (Å²) in [6.07, 6.45) is 1.37. The number of benzene rings is 1. The van der Waals surface area contributed by atoms with Crippen LogP contribution in [0.25, 0.3) is 5.57 Å². The molecular weight excluding hydrogens is 297 g/mol. The molecule has 122 valence electrons. The summed E-state index contributed by atoms with van der Waals surface area (Å²) in [6.45, 7) is 5.08. The highest BCUT2D eigenvalue weighted by atomic mass is 19.1. The lowest BCUT2D eigenvalue weighted by Crippen LogP contribution is -2.37. The van der Waals surface area contributed by atoms with E-state index in [1.165, 1.54) is 18.2 Å². The number of hydrogen-bond donors (Lipinski definition) is 2. The topological polar surface area (TPSA) is 62.5 Å². The van der Waals surface area contributed by atoms with Crippen molar-refractivity contribution in [3.05, 3.63) is 65.4 Å². The van der Waals surface area contributed by atoms with Gasteiger partial charge in [0.25, 0.3) is 0 Å². The molecule has 1 heterocycles. The molecule has 0 saturated carbocycles. The zero-order chi connectivity index (χ0) is 17.0. The minimum absolute atomic E-state index is 0.00567. The van der Waals surface area contributed by atoms with Gasteiger partial charge in [-0.15, -0.1) is 0 Å². The van der Waals surface area contributed by atoms with Crippen molar-refractivity contribution >= 4 is 11.5 Å². The predicted molar refractivity (Wildman–Crippen MR) is 86.1 cm³/mol. The van der Waals surface area contributed by atoms with Crippen LogP contribution in [0.2, 0.25) is 0 Å². The van der Waals surface area contributed by atoms with Crippen LogP contribution < -0.4 is 5.32 Å². The van der Waals surface area contributed by atoms with Gasteiger partial charge >= 0.3 is 0 Å². The average molecular weight is 317 g/mol. The van der Waals surface area contributed by atoms with Gasteiger partial charge in [0.1, 0.15) is 22.9 Å². The van der Waals surface area contributed by atoms with E-state index in [1.54, 1.807) is 45.0 Å². The van der Waals surface area contributed by atoms with Gasteiger partial charge in [-0.05, 0) is 56.2 Å². The maximum atomic E-state index is 13.2. The highest BCUT2D eigenvalue weighted by Crippen LogP contribution is 2.22. The lowest BCUT2D eigenvalue weighted by atomic mass is 10.0. The molecule has 1 aromatic heterocycles. The molecule has 0 bridgehead atoms. The molecule has 23 heavy (non-hydrogen) atoms. The number of amides is 1. The van der Waals surface area contributed by atoms with E-state index in [1.807, 2.05) is 0 Å². The second-order valence-corrected chi connectivity index (χ2v) is 5.74. The summed E-state index contributed by atoms with van der Waals surface area (Å²) in [7, 11) is 0. The monoisotopic (exact) mass is 317 g/mol. The molecule has 1 aromatic carbocycles. The molecule has 1 amide bonds. The minimum atomic E-state index is -1.30. The third-order valence-electron chi connectivity index (χ3n) is 3.51. The lowest BCUT2D eigenvalue weighted by molar-refractivity contribution is -0.117. The Bertz CT molecular complexity index is 731. The maximum absolute atomic E-state index is 13.2. The minimum Gasteiger partial charge on any atom is -0.463 e. The van der Waals surface area contributed by atoms with Gasteiger partial charge < -0.3 is 14.8 Å². The molecule has 2 aromatic rings. The number of nitrogens with one attached hydrogen (secondary N) is 1. The first-order valence-electron chi connectivity index (χ1n) is 7.29. The van der Waals surface area contributed by atoms with Crippen molar-refractivity contribution in [1.82, 2.24) is 5.32 Å². The molecule has 2 rings (SSSR count). The Morgan fingerprint density at radius 1 is 1.39 bits per heavy atom. The summed E-state index contributed by atoms with van der Waals surface area (Å²) < 4.78 is 18.6. The summed E-state index contributed by atoms with van der Waals surface area (Å²) in [5.74, 6) is 0.358. The van der Waals surface area contributed by atoms with Gasteiger partial charge in [0.15, 0.2) is 0 Å². The van der Waals surface area contributed by atoms with Gasteiger partial charge in [0.2, 0.25) is 5.91 Å². The van der Waals surface area contributed by atoms with Gasteiger partial charge in [0.05, 0.1) is 6.54 Å². The van der Waals surface area contributed by atoms with Crippen molar-refractivity contribution in [3.63, 3.8) is 0 Å². The Labute approximate surface area is 134 Å². The summed E-state index contributed by atoms with van der Waals surface area (Å²) in [5, 5.41) is 13.0. The molecule has 2 N–H and O–H groups in total. The maximum Gasteiger partial charge on any atom is 0.244 e. The fourth-order valence-corrected chi connectivity index (χ4v) is 2.14. The van der Waals surface area contributed by atoms with E-state index in [-0.39, 0.29) is 18.3 Å². The van der Waals surface area contributed by atoms with E-state index >= 15 is 0 Å². The lowest BCUT2D eigenvalue weighted by Gasteiger charge is -2.20. The highest BCUT2D eigenvalue weighted by molar-refractivity contribution is 5.94. The van der Waals surface area contributed by atoms with Crippen LogP contribution in [0, 0.1) is 12.7 Å². The standard InChI is InChI=1S/C18H20FNO3/c1-12(14-5-4-6-15(19)10-14)9-17(21)20-11-18(3,22)16-8-7-13(2)23-16/h4-10,22H,11H2,1-3H3,(H,20,21)/b12-9-. The summed E-state index contributed by atoms with van der Waals surface area (Å²) in [4.78, 5) is 12.0. The number of furan rings is 1. The van der Waals surface area contributed by atoms with Gasteiger partial charge in [-0.2, -0.15) is 0 Å². The largest absolute Gasteiger partial charge is 0.463 e. The fourth-order valence-electron chi connectivity index (χ4n) is 2.14. The summed E-state index contributed by atoms with van der Waals surface area (Å²) in [5.41, 5.74) is -0.0334. The van der Waals surface area contributed by atoms with Gasteiger partial charge in [-0.1, -0.05) is 12.1 Å². The number of rotatable bonds is 5. The summed E-state index contributed by atoms with van der Waals surface area (Å²) >= 11 is 0. The van der Waals surface area contributed by atoms with E-state index in [2.05, 4.69) is 5.32 Å². The Hall–Kier alpha value is -2.40. The van der Waals surface area contributed by atoms with Crippen molar-refractivity contribution in [2.75, 3.05) is 6.54 Å². The Morgan fingerprint density at radius 3 is 2.74 bits per heavy atom. The van der Waals surface area contributed by atoms with Crippen LogP contribution in [0.1, 0.15) is 30.9 Å². The van der Waals surface area contributed by atoms with Gasteiger partial charge in [-0.25, -0.2) is 4.39 Å². The zero-order valence-corrected chi connectivity index (χ0v) is 13.4. The van der Waals surface area contributed by atoms with Crippen LogP contribution in [0.4, 0.5) is 4.39 Å². The number of allylic oxidation sites excluding steroid dienone is 1. The number of aryl methyl sites for hydroxylation is 1. The SMILES string of the molecule is C/C(=C/C(=O)NCC(C)(O)c1ccc(C)o1)c1cccc(F)c1. The molecule has 5 heteroatoms.